The summed E-state index contributed by atoms with van der Waals surface area (Å²) in [5.74, 6) is 0. The Balaban J connectivity index is 1.82. The van der Waals surface area contributed by atoms with Gasteiger partial charge in [-0.2, -0.15) is 0 Å². The van der Waals surface area contributed by atoms with Gasteiger partial charge in [-0.3, -0.25) is 4.79 Å². The molecule has 0 radical (unpaired) electrons. The fourth-order valence-corrected chi connectivity index (χ4v) is 2.98. The molecule has 0 bridgehead atoms. The first-order valence-corrected chi connectivity index (χ1v) is 7.30. The lowest BCUT2D eigenvalue weighted by atomic mass is 10.0. The molecule has 0 aliphatic carbocycles. The van der Waals surface area contributed by atoms with Crippen molar-refractivity contribution in [2.45, 2.75) is 25.3 Å². The van der Waals surface area contributed by atoms with Gasteiger partial charge in [0.15, 0.2) is 0 Å². The molecule has 1 atom stereocenters. The smallest absolute Gasteiger partial charge is 0.250 e. The SMILES string of the molecule is CN1CCCCC1CNc1cc(=O)[nH]c2ccccc12. The molecule has 1 aliphatic rings. The number of fused-ring (bicyclic) bond motifs is 1. The third-order valence-corrected chi connectivity index (χ3v) is 4.20. The number of likely N-dealkylation sites (tertiary alicyclic amines) is 1. The molecule has 1 saturated heterocycles. The molecule has 1 aromatic carbocycles. The molecule has 2 heterocycles. The Morgan fingerprint density at radius 1 is 1.35 bits per heavy atom. The lowest BCUT2D eigenvalue weighted by Gasteiger charge is -2.32. The lowest BCUT2D eigenvalue weighted by molar-refractivity contribution is 0.195. The third-order valence-electron chi connectivity index (χ3n) is 4.20. The van der Waals surface area contributed by atoms with Gasteiger partial charge in [0.25, 0.3) is 0 Å². The summed E-state index contributed by atoms with van der Waals surface area (Å²) in [6.45, 7) is 2.06. The first kappa shape index (κ1) is 13.2. The maximum Gasteiger partial charge on any atom is 0.250 e. The highest BCUT2D eigenvalue weighted by Gasteiger charge is 2.18. The van der Waals surface area contributed by atoms with E-state index in [9.17, 15) is 4.79 Å². The van der Waals surface area contributed by atoms with Crippen molar-refractivity contribution in [1.82, 2.24) is 9.88 Å². The minimum absolute atomic E-state index is 0.0526. The summed E-state index contributed by atoms with van der Waals surface area (Å²) in [4.78, 5) is 17.0. The van der Waals surface area contributed by atoms with E-state index >= 15 is 0 Å². The van der Waals surface area contributed by atoms with Crippen molar-refractivity contribution in [3.63, 3.8) is 0 Å². The lowest BCUT2D eigenvalue weighted by Crippen LogP contribution is -2.40. The Hall–Kier alpha value is -1.81. The number of piperidine rings is 1. The molecule has 4 nitrogen and oxygen atoms in total. The van der Waals surface area contributed by atoms with E-state index in [4.69, 9.17) is 0 Å². The van der Waals surface area contributed by atoms with Crippen molar-refractivity contribution in [3.05, 3.63) is 40.7 Å². The predicted octanol–water partition coefficient (Wildman–Crippen LogP) is 2.42. The number of pyridine rings is 1. The summed E-state index contributed by atoms with van der Waals surface area (Å²) in [7, 11) is 2.18. The van der Waals surface area contributed by atoms with Crippen molar-refractivity contribution >= 4 is 16.6 Å². The summed E-state index contributed by atoms with van der Waals surface area (Å²) >= 11 is 0. The average Bonchev–Trinajstić information content (AvgIpc) is 2.46. The number of anilines is 1. The van der Waals surface area contributed by atoms with Gasteiger partial charge in [-0.05, 0) is 32.5 Å². The number of hydrogen-bond acceptors (Lipinski definition) is 3. The van der Waals surface area contributed by atoms with Crippen LogP contribution in [0.2, 0.25) is 0 Å². The maximum atomic E-state index is 11.7. The van der Waals surface area contributed by atoms with Gasteiger partial charge < -0.3 is 15.2 Å². The van der Waals surface area contributed by atoms with E-state index < -0.39 is 0 Å². The molecular weight excluding hydrogens is 250 g/mol. The summed E-state index contributed by atoms with van der Waals surface area (Å²) < 4.78 is 0. The number of benzene rings is 1. The molecule has 0 saturated carbocycles. The summed E-state index contributed by atoms with van der Waals surface area (Å²) in [6, 6.07) is 10.1. The summed E-state index contributed by atoms with van der Waals surface area (Å²) in [6.07, 6.45) is 3.82. The molecule has 2 aromatic rings. The number of hydrogen-bond donors (Lipinski definition) is 2. The molecule has 1 aromatic heterocycles. The van der Waals surface area contributed by atoms with Crippen LogP contribution in [0.4, 0.5) is 5.69 Å². The number of rotatable bonds is 3. The zero-order valence-electron chi connectivity index (χ0n) is 11.9. The van der Waals surface area contributed by atoms with Gasteiger partial charge >= 0.3 is 0 Å². The van der Waals surface area contributed by atoms with Gasteiger partial charge in [-0.1, -0.05) is 24.6 Å². The van der Waals surface area contributed by atoms with Crippen LogP contribution in [0.5, 0.6) is 0 Å². The Kier molecular flexibility index (Phi) is 3.74. The van der Waals surface area contributed by atoms with E-state index in [-0.39, 0.29) is 5.56 Å². The van der Waals surface area contributed by atoms with Gasteiger partial charge in [-0.15, -0.1) is 0 Å². The van der Waals surface area contributed by atoms with Crippen molar-refractivity contribution < 1.29 is 0 Å². The average molecular weight is 271 g/mol. The van der Waals surface area contributed by atoms with E-state index in [1.165, 1.54) is 25.8 Å². The molecule has 0 spiro atoms. The number of para-hydroxylation sites is 1. The fourth-order valence-electron chi connectivity index (χ4n) is 2.98. The summed E-state index contributed by atoms with van der Waals surface area (Å²) in [5.41, 5.74) is 1.77. The molecule has 106 valence electrons. The number of aromatic amines is 1. The molecule has 20 heavy (non-hydrogen) atoms. The molecule has 1 fully saturated rings. The van der Waals surface area contributed by atoms with Crippen LogP contribution in [0.3, 0.4) is 0 Å². The Morgan fingerprint density at radius 3 is 3.05 bits per heavy atom. The molecule has 2 N–H and O–H groups in total. The number of H-pyrrole nitrogens is 1. The third kappa shape index (κ3) is 2.70. The van der Waals surface area contributed by atoms with E-state index in [0.717, 1.165) is 23.1 Å². The number of aromatic nitrogens is 1. The Morgan fingerprint density at radius 2 is 2.20 bits per heavy atom. The fraction of sp³-hybridized carbons (Fsp3) is 0.438. The second kappa shape index (κ2) is 5.67. The zero-order valence-corrected chi connectivity index (χ0v) is 11.9. The molecule has 4 heteroatoms. The van der Waals surface area contributed by atoms with Gasteiger partial charge in [0.05, 0.1) is 5.52 Å². The quantitative estimate of drug-likeness (QED) is 0.901. The number of nitrogens with one attached hydrogen (secondary N) is 2. The Bertz CT molecular complexity index is 649. The van der Waals surface area contributed by atoms with Crippen molar-refractivity contribution in [1.29, 1.82) is 0 Å². The minimum atomic E-state index is -0.0526. The second-order valence-corrected chi connectivity index (χ2v) is 5.60. The van der Waals surface area contributed by atoms with Gasteiger partial charge in [0.1, 0.15) is 0 Å². The monoisotopic (exact) mass is 271 g/mol. The first-order chi connectivity index (χ1) is 9.74. The first-order valence-electron chi connectivity index (χ1n) is 7.30. The van der Waals surface area contributed by atoms with Crippen LogP contribution >= 0.6 is 0 Å². The van der Waals surface area contributed by atoms with E-state index in [2.05, 4.69) is 22.2 Å². The van der Waals surface area contributed by atoms with Crippen LogP contribution in [-0.2, 0) is 0 Å². The van der Waals surface area contributed by atoms with Crippen molar-refractivity contribution in [2.24, 2.45) is 0 Å². The van der Waals surface area contributed by atoms with Gasteiger partial charge in [0, 0.05) is 29.7 Å². The van der Waals surface area contributed by atoms with Crippen LogP contribution in [0.25, 0.3) is 10.9 Å². The van der Waals surface area contributed by atoms with Crippen LogP contribution < -0.4 is 10.9 Å². The molecule has 1 unspecified atom stereocenters. The molecular formula is C16H21N3O. The van der Waals surface area contributed by atoms with Crippen molar-refractivity contribution in [2.75, 3.05) is 25.5 Å². The molecule has 3 rings (SSSR count). The van der Waals surface area contributed by atoms with Crippen molar-refractivity contribution in [3.8, 4) is 0 Å². The van der Waals surface area contributed by atoms with E-state index in [0.29, 0.717) is 6.04 Å². The topological polar surface area (TPSA) is 48.1 Å². The van der Waals surface area contributed by atoms with Crippen LogP contribution in [0.1, 0.15) is 19.3 Å². The standard InChI is InChI=1S/C16H21N3O/c1-19-9-5-4-6-12(19)11-17-15-10-16(20)18-14-8-3-2-7-13(14)15/h2-3,7-8,10,12H,4-6,9,11H2,1H3,(H2,17,18,20). The van der Waals surface area contributed by atoms with E-state index in [1.54, 1.807) is 6.07 Å². The summed E-state index contributed by atoms with van der Waals surface area (Å²) in [5, 5.41) is 4.54. The number of nitrogens with zero attached hydrogens (tertiary/aromatic N) is 1. The largest absolute Gasteiger partial charge is 0.383 e. The molecule has 1 aliphatic heterocycles. The van der Waals surface area contributed by atoms with Crippen LogP contribution in [-0.4, -0.2) is 36.1 Å². The van der Waals surface area contributed by atoms with E-state index in [1.807, 2.05) is 24.3 Å². The predicted molar refractivity (Wildman–Crippen MR) is 83.3 cm³/mol. The number of likely N-dealkylation sites (N-methyl/N-ethyl adjacent to an activating group) is 1. The normalized spacial score (nSPS) is 20.1. The van der Waals surface area contributed by atoms with Gasteiger partial charge in [-0.25, -0.2) is 0 Å². The molecule has 0 amide bonds. The maximum absolute atomic E-state index is 11.7. The van der Waals surface area contributed by atoms with Crippen LogP contribution in [0.15, 0.2) is 35.1 Å². The highest BCUT2D eigenvalue weighted by atomic mass is 16.1. The minimum Gasteiger partial charge on any atom is -0.383 e. The second-order valence-electron chi connectivity index (χ2n) is 5.60. The highest BCUT2D eigenvalue weighted by molar-refractivity contribution is 5.90. The Labute approximate surface area is 118 Å². The van der Waals surface area contributed by atoms with Gasteiger partial charge in [0.2, 0.25) is 5.56 Å². The highest BCUT2D eigenvalue weighted by Crippen LogP contribution is 2.21. The van der Waals surface area contributed by atoms with Crippen LogP contribution in [0, 0.1) is 0 Å². The zero-order chi connectivity index (χ0) is 13.9.